The third-order valence-corrected chi connectivity index (χ3v) is 4.04. The molecule has 0 saturated heterocycles. The Morgan fingerprint density at radius 3 is 2.00 bits per heavy atom. The predicted octanol–water partition coefficient (Wildman–Crippen LogP) is 4.77. The Kier molecular flexibility index (Phi) is 4.08. The maximum absolute atomic E-state index is 6.56. The van der Waals surface area contributed by atoms with Crippen LogP contribution >= 0.6 is 0 Å². The molecule has 0 aromatic heterocycles. The molecule has 0 aliphatic rings. The molecule has 1 heteroatoms. The minimum absolute atomic E-state index is 0.365. The summed E-state index contributed by atoms with van der Waals surface area (Å²) >= 11 is 0. The van der Waals surface area contributed by atoms with E-state index in [1.165, 1.54) is 22.3 Å². The molecule has 0 aliphatic heterocycles. The number of nitrogens with two attached hydrogens (primary N) is 1. The van der Waals surface area contributed by atoms with Gasteiger partial charge in [0.05, 0.1) is 0 Å². The summed E-state index contributed by atoms with van der Waals surface area (Å²) < 4.78 is 0. The molecule has 3 aromatic rings. The van der Waals surface area contributed by atoms with E-state index in [-0.39, 0.29) is 5.54 Å². The maximum atomic E-state index is 6.56. The van der Waals surface area contributed by atoms with Gasteiger partial charge in [-0.1, -0.05) is 84.9 Å². The molecule has 110 valence electrons. The van der Waals surface area contributed by atoms with E-state index in [4.69, 9.17) is 5.73 Å². The molecule has 0 fully saturated rings. The Labute approximate surface area is 132 Å². The summed E-state index contributed by atoms with van der Waals surface area (Å²) in [5, 5.41) is 0. The zero-order valence-electron chi connectivity index (χ0n) is 12.9. The maximum Gasteiger partial charge on any atom is 0.0421 e. The standard InChI is InChI=1S/C21H21N/c1-21(22,20-13-6-3-7-14-20)16-17-9-8-12-19(15-17)18-10-4-2-5-11-18/h2-15H,16,22H2,1H3. The lowest BCUT2D eigenvalue weighted by Gasteiger charge is -2.25. The summed E-state index contributed by atoms with van der Waals surface area (Å²) in [6.45, 7) is 2.09. The number of hydrogen-bond acceptors (Lipinski definition) is 1. The average Bonchev–Trinajstić information content (AvgIpc) is 2.56. The van der Waals surface area contributed by atoms with E-state index in [0.717, 1.165) is 6.42 Å². The van der Waals surface area contributed by atoms with Crippen molar-refractivity contribution in [1.82, 2.24) is 0 Å². The summed E-state index contributed by atoms with van der Waals surface area (Å²) in [6.07, 6.45) is 0.817. The molecule has 3 aromatic carbocycles. The molecule has 22 heavy (non-hydrogen) atoms. The molecular formula is C21H21N. The van der Waals surface area contributed by atoms with Crippen LogP contribution in [0.3, 0.4) is 0 Å². The van der Waals surface area contributed by atoms with Crippen molar-refractivity contribution in [1.29, 1.82) is 0 Å². The highest BCUT2D eigenvalue weighted by atomic mass is 14.7. The molecule has 0 heterocycles. The van der Waals surface area contributed by atoms with E-state index < -0.39 is 0 Å². The lowest BCUT2D eigenvalue weighted by atomic mass is 9.86. The summed E-state index contributed by atoms with van der Waals surface area (Å²) in [7, 11) is 0. The first kappa shape index (κ1) is 14.6. The summed E-state index contributed by atoms with van der Waals surface area (Å²) in [6, 6.07) is 29.4. The Hall–Kier alpha value is -2.38. The van der Waals surface area contributed by atoms with Gasteiger partial charge in [0.2, 0.25) is 0 Å². The molecule has 2 N–H and O–H groups in total. The van der Waals surface area contributed by atoms with Gasteiger partial charge in [0.1, 0.15) is 0 Å². The summed E-state index contributed by atoms with van der Waals surface area (Å²) in [4.78, 5) is 0. The van der Waals surface area contributed by atoms with Crippen molar-refractivity contribution >= 4 is 0 Å². The van der Waals surface area contributed by atoms with Crippen molar-refractivity contribution in [2.24, 2.45) is 5.73 Å². The topological polar surface area (TPSA) is 26.0 Å². The normalized spacial score (nSPS) is 13.5. The van der Waals surface area contributed by atoms with Gasteiger partial charge in [-0.05, 0) is 35.6 Å². The van der Waals surface area contributed by atoms with Crippen molar-refractivity contribution in [3.63, 3.8) is 0 Å². The van der Waals surface area contributed by atoms with Gasteiger partial charge < -0.3 is 5.73 Å². The average molecular weight is 287 g/mol. The van der Waals surface area contributed by atoms with Gasteiger partial charge in [-0.3, -0.25) is 0 Å². The first-order chi connectivity index (χ1) is 10.6. The fourth-order valence-corrected chi connectivity index (χ4v) is 2.84. The molecule has 3 rings (SSSR count). The van der Waals surface area contributed by atoms with Gasteiger partial charge in [-0.15, -0.1) is 0 Å². The Balaban J connectivity index is 1.87. The number of hydrogen-bond donors (Lipinski definition) is 1. The molecule has 0 amide bonds. The Morgan fingerprint density at radius 2 is 1.32 bits per heavy atom. The summed E-state index contributed by atoms with van der Waals surface area (Å²) in [5.41, 5.74) is 11.1. The van der Waals surface area contributed by atoms with Gasteiger partial charge in [0.25, 0.3) is 0 Å². The Morgan fingerprint density at radius 1 is 0.727 bits per heavy atom. The molecule has 0 spiro atoms. The number of rotatable bonds is 4. The largest absolute Gasteiger partial charge is 0.321 e. The van der Waals surface area contributed by atoms with E-state index in [1.807, 2.05) is 24.3 Å². The van der Waals surface area contributed by atoms with Crippen LogP contribution < -0.4 is 5.73 Å². The highest BCUT2D eigenvalue weighted by Crippen LogP contribution is 2.26. The highest BCUT2D eigenvalue weighted by Gasteiger charge is 2.21. The smallest absolute Gasteiger partial charge is 0.0421 e. The van der Waals surface area contributed by atoms with Crippen LogP contribution in [0.15, 0.2) is 84.9 Å². The molecule has 0 saturated carbocycles. The van der Waals surface area contributed by atoms with Gasteiger partial charge >= 0.3 is 0 Å². The second-order valence-corrected chi connectivity index (χ2v) is 6.03. The van der Waals surface area contributed by atoms with Gasteiger partial charge in [0.15, 0.2) is 0 Å². The van der Waals surface area contributed by atoms with E-state index in [0.29, 0.717) is 0 Å². The molecular weight excluding hydrogens is 266 g/mol. The first-order valence-corrected chi connectivity index (χ1v) is 7.64. The SMILES string of the molecule is CC(N)(Cc1cccc(-c2ccccc2)c1)c1ccccc1. The fourth-order valence-electron chi connectivity index (χ4n) is 2.84. The highest BCUT2D eigenvalue weighted by molar-refractivity contribution is 5.64. The van der Waals surface area contributed by atoms with Crippen molar-refractivity contribution in [3.8, 4) is 11.1 Å². The van der Waals surface area contributed by atoms with E-state index in [1.54, 1.807) is 0 Å². The zero-order valence-corrected chi connectivity index (χ0v) is 12.9. The van der Waals surface area contributed by atoms with Crippen molar-refractivity contribution in [2.45, 2.75) is 18.9 Å². The van der Waals surface area contributed by atoms with Crippen molar-refractivity contribution < 1.29 is 0 Å². The van der Waals surface area contributed by atoms with Gasteiger partial charge in [-0.25, -0.2) is 0 Å². The van der Waals surface area contributed by atoms with Crippen LogP contribution in [0.1, 0.15) is 18.1 Å². The molecule has 0 radical (unpaired) electrons. The van der Waals surface area contributed by atoms with E-state index in [2.05, 4.69) is 67.6 Å². The molecule has 0 bridgehead atoms. The molecule has 1 atom stereocenters. The predicted molar refractivity (Wildman–Crippen MR) is 93.6 cm³/mol. The van der Waals surface area contributed by atoms with Crippen LogP contribution in [0.2, 0.25) is 0 Å². The third kappa shape index (κ3) is 3.26. The van der Waals surface area contributed by atoms with Gasteiger partial charge in [0, 0.05) is 5.54 Å². The van der Waals surface area contributed by atoms with Crippen molar-refractivity contribution in [3.05, 3.63) is 96.1 Å². The van der Waals surface area contributed by atoms with E-state index >= 15 is 0 Å². The van der Waals surface area contributed by atoms with Crippen LogP contribution in [-0.2, 0) is 12.0 Å². The lowest BCUT2D eigenvalue weighted by Crippen LogP contribution is -2.35. The van der Waals surface area contributed by atoms with Crippen molar-refractivity contribution in [2.75, 3.05) is 0 Å². The van der Waals surface area contributed by atoms with Gasteiger partial charge in [-0.2, -0.15) is 0 Å². The lowest BCUT2D eigenvalue weighted by molar-refractivity contribution is 0.491. The second kappa shape index (κ2) is 6.17. The second-order valence-electron chi connectivity index (χ2n) is 6.03. The quantitative estimate of drug-likeness (QED) is 0.735. The minimum Gasteiger partial charge on any atom is -0.321 e. The third-order valence-electron chi connectivity index (χ3n) is 4.04. The summed E-state index contributed by atoms with van der Waals surface area (Å²) in [5.74, 6) is 0. The van der Waals surface area contributed by atoms with Crippen LogP contribution in [0, 0.1) is 0 Å². The Bertz CT molecular complexity index is 730. The molecule has 0 aliphatic carbocycles. The fraction of sp³-hybridized carbons (Fsp3) is 0.143. The van der Waals surface area contributed by atoms with Crippen LogP contribution in [0.5, 0.6) is 0 Å². The van der Waals surface area contributed by atoms with E-state index in [9.17, 15) is 0 Å². The van der Waals surface area contributed by atoms with Crippen LogP contribution in [-0.4, -0.2) is 0 Å². The molecule has 1 nitrogen and oxygen atoms in total. The zero-order chi connectivity index (χ0) is 15.4. The molecule has 1 unspecified atom stereocenters. The first-order valence-electron chi connectivity index (χ1n) is 7.64. The van der Waals surface area contributed by atoms with Crippen LogP contribution in [0.25, 0.3) is 11.1 Å². The number of benzene rings is 3. The monoisotopic (exact) mass is 287 g/mol. The minimum atomic E-state index is -0.365. The van der Waals surface area contributed by atoms with Crippen LogP contribution in [0.4, 0.5) is 0 Å².